The van der Waals surface area contributed by atoms with Crippen LogP contribution in [-0.4, -0.2) is 5.11 Å². The van der Waals surface area contributed by atoms with Gasteiger partial charge in [0, 0.05) is 10.8 Å². The van der Waals surface area contributed by atoms with E-state index in [1.165, 1.54) is 6.07 Å². The third-order valence-electron chi connectivity index (χ3n) is 3.21. The SMILES string of the molecule is N#Cc1cc(O)c2cc3ccccc3cc2c1C#N. The topological polar surface area (TPSA) is 67.8 Å². The number of phenolic OH excluding ortho intramolecular Hbond substituents is 1. The highest BCUT2D eigenvalue weighted by Crippen LogP contribution is 2.33. The Bertz CT molecular complexity index is 898. The van der Waals surface area contributed by atoms with Crippen LogP contribution in [-0.2, 0) is 0 Å². The second-order valence-electron chi connectivity index (χ2n) is 4.29. The Morgan fingerprint density at radius 1 is 0.842 bits per heavy atom. The van der Waals surface area contributed by atoms with Crippen LogP contribution in [0.15, 0.2) is 42.5 Å². The molecule has 0 atom stereocenters. The van der Waals surface area contributed by atoms with Crippen molar-refractivity contribution in [2.24, 2.45) is 0 Å². The highest BCUT2D eigenvalue weighted by molar-refractivity contribution is 6.04. The third kappa shape index (κ3) is 1.57. The quantitative estimate of drug-likeness (QED) is 0.616. The Morgan fingerprint density at radius 3 is 2.05 bits per heavy atom. The van der Waals surface area contributed by atoms with Gasteiger partial charge in [0.05, 0.1) is 11.1 Å². The highest BCUT2D eigenvalue weighted by Gasteiger charge is 2.12. The van der Waals surface area contributed by atoms with Gasteiger partial charge in [-0.25, -0.2) is 0 Å². The van der Waals surface area contributed by atoms with E-state index in [-0.39, 0.29) is 11.3 Å². The summed E-state index contributed by atoms with van der Waals surface area (Å²) in [5.74, 6) is 0.0244. The Hall–Kier alpha value is -3.04. The largest absolute Gasteiger partial charge is 0.507 e. The number of hydrogen-bond donors (Lipinski definition) is 1. The van der Waals surface area contributed by atoms with E-state index >= 15 is 0 Å². The first-order valence-electron chi connectivity index (χ1n) is 5.73. The maximum Gasteiger partial charge on any atom is 0.124 e. The lowest BCUT2D eigenvalue weighted by Gasteiger charge is -2.07. The number of rotatable bonds is 0. The van der Waals surface area contributed by atoms with Crippen LogP contribution >= 0.6 is 0 Å². The first-order valence-corrected chi connectivity index (χ1v) is 5.73. The van der Waals surface area contributed by atoms with Crippen molar-refractivity contribution < 1.29 is 5.11 Å². The van der Waals surface area contributed by atoms with Crippen molar-refractivity contribution in [3.05, 3.63) is 53.6 Å². The molecule has 3 heteroatoms. The monoisotopic (exact) mass is 244 g/mol. The summed E-state index contributed by atoms with van der Waals surface area (Å²) < 4.78 is 0. The van der Waals surface area contributed by atoms with Gasteiger partial charge in [0.1, 0.15) is 17.9 Å². The Morgan fingerprint density at radius 2 is 1.47 bits per heavy atom. The predicted octanol–water partition coefficient (Wildman–Crippen LogP) is 3.44. The van der Waals surface area contributed by atoms with Crippen molar-refractivity contribution in [2.45, 2.75) is 0 Å². The molecule has 0 saturated carbocycles. The molecule has 0 spiro atoms. The van der Waals surface area contributed by atoms with E-state index in [2.05, 4.69) is 0 Å². The highest BCUT2D eigenvalue weighted by atomic mass is 16.3. The summed E-state index contributed by atoms with van der Waals surface area (Å²) in [6.45, 7) is 0. The minimum Gasteiger partial charge on any atom is -0.507 e. The molecule has 88 valence electrons. The number of nitriles is 2. The molecule has 0 unspecified atom stereocenters. The first kappa shape index (κ1) is 11.1. The molecule has 3 aromatic rings. The lowest BCUT2D eigenvalue weighted by molar-refractivity contribution is 0.481. The van der Waals surface area contributed by atoms with Crippen molar-refractivity contribution in [1.29, 1.82) is 10.5 Å². The smallest absolute Gasteiger partial charge is 0.124 e. The lowest BCUT2D eigenvalue weighted by atomic mass is 9.96. The van der Waals surface area contributed by atoms with Gasteiger partial charge < -0.3 is 5.11 Å². The van der Waals surface area contributed by atoms with Crippen LogP contribution in [0.1, 0.15) is 11.1 Å². The Kier molecular flexibility index (Phi) is 2.34. The molecule has 0 aliphatic heterocycles. The van der Waals surface area contributed by atoms with Crippen LogP contribution in [0.4, 0.5) is 0 Å². The van der Waals surface area contributed by atoms with Gasteiger partial charge in [-0.1, -0.05) is 24.3 Å². The van der Waals surface area contributed by atoms with Gasteiger partial charge in [0.15, 0.2) is 0 Å². The van der Waals surface area contributed by atoms with Crippen molar-refractivity contribution in [1.82, 2.24) is 0 Å². The van der Waals surface area contributed by atoms with Gasteiger partial charge in [0.25, 0.3) is 0 Å². The molecule has 0 saturated heterocycles. The molecule has 3 rings (SSSR count). The normalized spacial score (nSPS) is 10.2. The standard InChI is InChI=1S/C16H8N2O/c17-8-12-7-16(19)14-6-11-4-2-1-3-10(11)5-13(14)15(12)9-18/h1-7,19H. The van der Waals surface area contributed by atoms with Gasteiger partial charge in [-0.05, 0) is 29.0 Å². The zero-order valence-corrected chi connectivity index (χ0v) is 9.88. The summed E-state index contributed by atoms with van der Waals surface area (Å²) in [5, 5.41) is 31.4. The summed E-state index contributed by atoms with van der Waals surface area (Å²) in [6.07, 6.45) is 0. The lowest BCUT2D eigenvalue weighted by Crippen LogP contribution is -1.88. The van der Waals surface area contributed by atoms with E-state index < -0.39 is 0 Å². The molecule has 19 heavy (non-hydrogen) atoms. The summed E-state index contributed by atoms with van der Waals surface area (Å²) in [4.78, 5) is 0. The van der Waals surface area contributed by atoms with Crippen molar-refractivity contribution >= 4 is 21.5 Å². The Balaban J connectivity index is 2.58. The summed E-state index contributed by atoms with van der Waals surface area (Å²) in [7, 11) is 0. The van der Waals surface area contributed by atoms with Gasteiger partial charge >= 0.3 is 0 Å². The average Bonchev–Trinajstić information content (AvgIpc) is 2.45. The number of fused-ring (bicyclic) bond motifs is 2. The van der Waals surface area contributed by atoms with Crippen LogP contribution < -0.4 is 0 Å². The number of benzene rings is 3. The van der Waals surface area contributed by atoms with Crippen LogP contribution in [0, 0.1) is 22.7 Å². The van der Waals surface area contributed by atoms with Crippen molar-refractivity contribution in [2.75, 3.05) is 0 Å². The molecule has 1 N–H and O–H groups in total. The van der Waals surface area contributed by atoms with Crippen LogP contribution in [0.3, 0.4) is 0 Å². The fourth-order valence-electron chi connectivity index (χ4n) is 2.30. The number of aromatic hydroxyl groups is 1. The number of hydrogen-bond acceptors (Lipinski definition) is 3. The minimum absolute atomic E-state index is 0.0244. The molecule has 3 aromatic carbocycles. The molecule has 0 fully saturated rings. The molecule has 0 amide bonds. The van der Waals surface area contributed by atoms with E-state index in [4.69, 9.17) is 5.26 Å². The molecule has 3 nitrogen and oxygen atoms in total. The fraction of sp³-hybridized carbons (Fsp3) is 0. The predicted molar refractivity (Wildman–Crippen MR) is 72.5 cm³/mol. The molecule has 0 heterocycles. The molecule has 0 aliphatic rings. The molecule has 0 radical (unpaired) electrons. The zero-order chi connectivity index (χ0) is 13.4. The number of nitrogens with zero attached hydrogens (tertiary/aromatic N) is 2. The van der Waals surface area contributed by atoms with Gasteiger partial charge in [-0.2, -0.15) is 10.5 Å². The third-order valence-corrected chi connectivity index (χ3v) is 3.21. The van der Waals surface area contributed by atoms with E-state index in [0.29, 0.717) is 16.3 Å². The van der Waals surface area contributed by atoms with E-state index in [9.17, 15) is 10.4 Å². The van der Waals surface area contributed by atoms with Crippen LogP contribution in [0.2, 0.25) is 0 Å². The van der Waals surface area contributed by atoms with Crippen molar-refractivity contribution in [3.8, 4) is 17.9 Å². The Labute approximate surface area is 109 Å². The van der Waals surface area contributed by atoms with E-state index in [1.54, 1.807) is 0 Å². The minimum atomic E-state index is 0.0244. The first-order chi connectivity index (χ1) is 9.24. The second kappa shape index (κ2) is 4.01. The van der Waals surface area contributed by atoms with E-state index in [0.717, 1.165) is 10.8 Å². The van der Waals surface area contributed by atoms with Crippen LogP contribution in [0.5, 0.6) is 5.75 Å². The molecule has 0 aromatic heterocycles. The summed E-state index contributed by atoms with van der Waals surface area (Å²) in [5.41, 5.74) is 0.504. The second-order valence-corrected chi connectivity index (χ2v) is 4.29. The maximum atomic E-state index is 10.0. The van der Waals surface area contributed by atoms with Gasteiger partial charge in [-0.3, -0.25) is 0 Å². The summed E-state index contributed by atoms with van der Waals surface area (Å²) >= 11 is 0. The summed E-state index contributed by atoms with van der Waals surface area (Å²) in [6, 6.07) is 16.7. The molecule has 0 aliphatic carbocycles. The maximum absolute atomic E-state index is 10.0. The molecule has 0 bridgehead atoms. The number of phenols is 1. The molecular weight excluding hydrogens is 236 g/mol. The molecular formula is C16H8N2O. The average molecular weight is 244 g/mol. The van der Waals surface area contributed by atoms with Gasteiger partial charge in [-0.15, -0.1) is 0 Å². The van der Waals surface area contributed by atoms with Crippen molar-refractivity contribution in [3.63, 3.8) is 0 Å². The zero-order valence-electron chi connectivity index (χ0n) is 9.88. The van der Waals surface area contributed by atoms with E-state index in [1.807, 2.05) is 48.5 Å². The van der Waals surface area contributed by atoms with Gasteiger partial charge in [0.2, 0.25) is 0 Å². The van der Waals surface area contributed by atoms with Crippen LogP contribution in [0.25, 0.3) is 21.5 Å². The fourth-order valence-corrected chi connectivity index (χ4v) is 2.30.